The summed E-state index contributed by atoms with van der Waals surface area (Å²) in [6.45, 7) is 2.33. The maximum absolute atomic E-state index is 2.66. The van der Waals surface area contributed by atoms with Crippen LogP contribution in [0.15, 0.2) is 60.7 Å². The fourth-order valence-corrected chi connectivity index (χ4v) is 6.95. The van der Waals surface area contributed by atoms with Gasteiger partial charge in [-0.25, -0.2) is 0 Å². The van der Waals surface area contributed by atoms with Gasteiger partial charge in [0.15, 0.2) is 0 Å². The predicted molar refractivity (Wildman–Crippen MR) is 99.2 cm³/mol. The van der Waals surface area contributed by atoms with Crippen LogP contribution in [0.1, 0.15) is 19.8 Å². The van der Waals surface area contributed by atoms with Gasteiger partial charge in [-0.05, 0) is 12.1 Å². The van der Waals surface area contributed by atoms with Crippen LogP contribution >= 0.6 is 7.92 Å². The standard InChI is InChI=1S/C21H23P.2FH.Zr/c1-2-11-22(20-12-16-7-3-4-8-17(16)13-20)21-14-18-9-5-6-10-19(18)15-21;;;/h3-10,12-14,18-19,21H,2,11,15H2,1H3;2*1H;/q-2;;;+4/p-2. The average molecular weight is 436 g/mol. The molecule has 0 saturated heterocycles. The van der Waals surface area contributed by atoms with Gasteiger partial charge >= 0.3 is 26.2 Å². The number of halogens is 2. The van der Waals surface area contributed by atoms with Crippen molar-refractivity contribution in [1.29, 1.82) is 0 Å². The van der Waals surface area contributed by atoms with Crippen LogP contribution in [-0.4, -0.2) is 11.8 Å². The molecule has 2 aliphatic carbocycles. The summed E-state index contributed by atoms with van der Waals surface area (Å²) in [7, 11) is -0.0640. The Labute approximate surface area is 169 Å². The van der Waals surface area contributed by atoms with Gasteiger partial charge in [0.1, 0.15) is 0 Å². The fraction of sp³-hybridized carbons (Fsp3) is 0.333. The molecule has 0 heterocycles. The zero-order valence-electron chi connectivity index (χ0n) is 14.4. The molecule has 0 N–H and O–H groups in total. The van der Waals surface area contributed by atoms with Gasteiger partial charge in [0.2, 0.25) is 0 Å². The predicted octanol–water partition coefficient (Wildman–Crippen LogP) is -0.584. The summed E-state index contributed by atoms with van der Waals surface area (Å²) >= 11 is 0. The number of fused-ring (bicyclic) bond motifs is 2. The van der Waals surface area contributed by atoms with Crippen molar-refractivity contribution in [2.45, 2.75) is 25.4 Å². The van der Waals surface area contributed by atoms with Crippen molar-refractivity contribution in [2.75, 3.05) is 6.16 Å². The van der Waals surface area contributed by atoms with Gasteiger partial charge in [-0.2, -0.15) is 6.07 Å². The van der Waals surface area contributed by atoms with E-state index in [0.29, 0.717) is 5.92 Å². The molecule has 2 aromatic carbocycles. The summed E-state index contributed by atoms with van der Waals surface area (Å²) in [4.78, 5) is 0. The minimum atomic E-state index is -0.0640. The molecule has 0 spiro atoms. The summed E-state index contributed by atoms with van der Waals surface area (Å²) < 4.78 is 0. The first-order valence-corrected chi connectivity index (χ1v) is 10.1. The first kappa shape index (κ1) is 22.5. The Morgan fingerprint density at radius 1 is 1.12 bits per heavy atom. The van der Waals surface area contributed by atoms with Crippen molar-refractivity contribution in [1.82, 2.24) is 0 Å². The van der Waals surface area contributed by atoms with Crippen LogP contribution in [0.2, 0.25) is 0 Å². The average Bonchev–Trinajstić information content (AvgIpc) is 3.15. The number of benzene rings is 1. The van der Waals surface area contributed by atoms with Crippen LogP contribution in [0.4, 0.5) is 0 Å². The normalized spacial score (nSPS) is 24.8. The van der Waals surface area contributed by atoms with Gasteiger partial charge in [0.05, 0.1) is 0 Å². The molecule has 1 saturated carbocycles. The number of rotatable bonds is 4. The van der Waals surface area contributed by atoms with Gasteiger partial charge in [-0.1, -0.05) is 44.1 Å². The molecule has 0 radical (unpaired) electrons. The zero-order valence-corrected chi connectivity index (χ0v) is 17.8. The molecule has 4 unspecified atom stereocenters. The van der Waals surface area contributed by atoms with Crippen molar-refractivity contribution in [3.8, 4) is 0 Å². The summed E-state index contributed by atoms with van der Waals surface area (Å²) in [5.74, 6) is 1.43. The Kier molecular flexibility index (Phi) is 8.99. The second-order valence-corrected chi connectivity index (χ2v) is 9.11. The summed E-state index contributed by atoms with van der Waals surface area (Å²) in [5, 5.41) is 4.44. The van der Waals surface area contributed by atoms with E-state index in [2.05, 4.69) is 74.0 Å². The van der Waals surface area contributed by atoms with Crippen molar-refractivity contribution in [3.05, 3.63) is 67.1 Å². The Bertz CT molecular complexity index is 669. The molecule has 25 heavy (non-hydrogen) atoms. The van der Waals surface area contributed by atoms with Crippen molar-refractivity contribution in [2.24, 2.45) is 11.8 Å². The van der Waals surface area contributed by atoms with Crippen molar-refractivity contribution < 1.29 is 35.6 Å². The molecule has 4 heteroatoms. The minimum absolute atomic E-state index is 0. The smallest absolute Gasteiger partial charge is 1.00 e. The SMILES string of the molecule is CCCP(c1cc2ccccc2[cH-]1)C1[CH-]C2C=CC=CC2C1.[F-].[F-].[Zr+4]. The van der Waals surface area contributed by atoms with E-state index in [1.165, 1.54) is 29.8 Å². The quantitative estimate of drug-likeness (QED) is 0.445. The van der Waals surface area contributed by atoms with Gasteiger partial charge in [-0.3, -0.25) is 0 Å². The minimum Gasteiger partial charge on any atom is -1.00 e. The second kappa shape index (κ2) is 9.98. The molecule has 0 amide bonds. The topological polar surface area (TPSA) is 0 Å². The van der Waals surface area contributed by atoms with E-state index >= 15 is 0 Å². The maximum Gasteiger partial charge on any atom is 4.00 e. The molecule has 4 atom stereocenters. The maximum atomic E-state index is 2.66. The van der Waals surface area contributed by atoms with Crippen molar-refractivity contribution in [3.63, 3.8) is 0 Å². The van der Waals surface area contributed by atoms with Crippen LogP contribution in [0.25, 0.3) is 10.8 Å². The Morgan fingerprint density at radius 2 is 1.88 bits per heavy atom. The molecule has 130 valence electrons. The van der Waals surface area contributed by atoms with E-state index in [9.17, 15) is 0 Å². The fourth-order valence-electron chi connectivity index (χ4n) is 3.99. The Hall–Kier alpha value is -0.517. The van der Waals surface area contributed by atoms with E-state index in [4.69, 9.17) is 0 Å². The number of hydrogen-bond acceptors (Lipinski definition) is 0. The summed E-state index contributed by atoms with van der Waals surface area (Å²) in [6, 6.07) is 13.7. The van der Waals surface area contributed by atoms with Crippen LogP contribution in [0, 0.1) is 18.3 Å². The number of hydrogen-bond donors (Lipinski definition) is 0. The molecule has 2 aliphatic rings. The summed E-state index contributed by atoms with van der Waals surface area (Å²) in [6.07, 6.45) is 15.9. The third kappa shape index (κ3) is 4.61. The van der Waals surface area contributed by atoms with Crippen LogP contribution in [0.3, 0.4) is 0 Å². The van der Waals surface area contributed by atoms with Crippen molar-refractivity contribution >= 4 is 24.0 Å². The molecule has 0 aromatic heterocycles. The van der Waals surface area contributed by atoms with E-state index in [1.807, 2.05) is 0 Å². The number of allylic oxidation sites excluding steroid dienone is 4. The van der Waals surface area contributed by atoms with Gasteiger partial charge < -0.3 is 15.8 Å². The largest absolute Gasteiger partial charge is 4.00 e. The third-order valence-corrected chi connectivity index (χ3v) is 8.09. The van der Waals surface area contributed by atoms with E-state index in [1.54, 1.807) is 5.30 Å². The summed E-state index contributed by atoms with van der Waals surface area (Å²) in [5.41, 5.74) is 0.786. The van der Waals surface area contributed by atoms with E-state index < -0.39 is 0 Å². The Balaban J connectivity index is 0.00000104. The molecular weight excluding hydrogens is 412 g/mol. The molecule has 2 aromatic rings. The van der Waals surface area contributed by atoms with Gasteiger partial charge in [-0.15, -0.1) is 65.9 Å². The Morgan fingerprint density at radius 3 is 2.60 bits per heavy atom. The molecular formula is C21H23F2PZr. The van der Waals surface area contributed by atoms with Gasteiger partial charge in [0, 0.05) is 0 Å². The molecule has 0 bridgehead atoms. The van der Waals surface area contributed by atoms with Crippen LogP contribution < -0.4 is 14.7 Å². The van der Waals surface area contributed by atoms with E-state index in [-0.39, 0.29) is 43.5 Å². The van der Waals surface area contributed by atoms with E-state index in [0.717, 1.165) is 11.6 Å². The first-order valence-electron chi connectivity index (χ1n) is 8.47. The van der Waals surface area contributed by atoms with Crippen LogP contribution in [-0.2, 0) is 26.2 Å². The third-order valence-electron chi connectivity index (χ3n) is 5.05. The monoisotopic (exact) mass is 434 g/mol. The molecule has 4 rings (SSSR count). The molecule has 1 fully saturated rings. The molecule has 0 aliphatic heterocycles. The molecule has 0 nitrogen and oxygen atoms in total. The van der Waals surface area contributed by atoms with Gasteiger partial charge in [0.25, 0.3) is 0 Å². The zero-order chi connectivity index (χ0) is 14.9. The second-order valence-electron chi connectivity index (χ2n) is 6.54. The van der Waals surface area contributed by atoms with Crippen LogP contribution in [0.5, 0.6) is 0 Å². The first-order chi connectivity index (χ1) is 10.8.